The Morgan fingerprint density at radius 3 is 2.30 bits per heavy atom. The van der Waals surface area contributed by atoms with Crippen LogP contribution in [0.5, 0.6) is 0 Å². The lowest BCUT2D eigenvalue weighted by molar-refractivity contribution is -0.140. The van der Waals surface area contributed by atoms with Crippen molar-refractivity contribution in [3.05, 3.63) is 0 Å². The molecule has 0 aromatic rings. The number of rotatable bonds is 11. The highest BCUT2D eigenvalue weighted by atomic mass is 16.4. The summed E-state index contributed by atoms with van der Waals surface area (Å²) in [6, 6.07) is -1.40. The van der Waals surface area contributed by atoms with Crippen molar-refractivity contribution in [2.24, 2.45) is 5.73 Å². The van der Waals surface area contributed by atoms with E-state index < -0.39 is 24.0 Å². The second-order valence-corrected chi connectivity index (χ2v) is 4.51. The topological polar surface area (TPSA) is 142 Å². The van der Waals surface area contributed by atoms with Gasteiger partial charge in [-0.2, -0.15) is 0 Å². The van der Waals surface area contributed by atoms with Gasteiger partial charge in [0.1, 0.15) is 6.04 Å². The zero-order valence-corrected chi connectivity index (χ0v) is 11.6. The molecule has 0 aliphatic heterocycles. The summed E-state index contributed by atoms with van der Waals surface area (Å²) in [5.41, 5.74) is 5.53. The summed E-state index contributed by atoms with van der Waals surface area (Å²) in [5.74, 6) is -2.26. The number of nitrogens with two attached hydrogens (primary N) is 1. The average molecular weight is 289 g/mol. The van der Waals surface area contributed by atoms with Crippen molar-refractivity contribution in [3.8, 4) is 0 Å². The molecule has 1 amide bonds. The highest BCUT2D eigenvalue weighted by Gasteiger charge is 2.15. The highest BCUT2D eigenvalue weighted by Crippen LogP contribution is 2.01. The standard InChI is InChI=1S/C12H23N3O5/c1-14-9(12(19)20)4-2-3-7-15-11(18)8(13)5-6-10(16)17/h8-9,14H,2-7,13H2,1H3,(H,15,18)(H,16,17)(H,19,20)/t8-,9-/m0/s1. The van der Waals surface area contributed by atoms with Crippen LogP contribution in [0.15, 0.2) is 0 Å². The van der Waals surface area contributed by atoms with Gasteiger partial charge in [-0.1, -0.05) is 0 Å². The zero-order valence-electron chi connectivity index (χ0n) is 11.6. The second kappa shape index (κ2) is 10.2. The predicted molar refractivity (Wildman–Crippen MR) is 72.2 cm³/mol. The van der Waals surface area contributed by atoms with Crippen molar-refractivity contribution in [1.29, 1.82) is 0 Å². The van der Waals surface area contributed by atoms with E-state index in [0.29, 0.717) is 25.8 Å². The summed E-state index contributed by atoms with van der Waals surface area (Å²) >= 11 is 0. The number of likely N-dealkylation sites (N-methyl/N-ethyl adjacent to an activating group) is 1. The number of carbonyl (C=O) groups excluding carboxylic acids is 1. The van der Waals surface area contributed by atoms with Crippen LogP contribution in [0.2, 0.25) is 0 Å². The zero-order chi connectivity index (χ0) is 15.5. The quantitative estimate of drug-likeness (QED) is 0.311. The second-order valence-electron chi connectivity index (χ2n) is 4.51. The average Bonchev–Trinajstić information content (AvgIpc) is 2.39. The van der Waals surface area contributed by atoms with Crippen molar-refractivity contribution in [2.75, 3.05) is 13.6 Å². The molecule has 0 spiro atoms. The maximum absolute atomic E-state index is 11.5. The number of carboxylic acids is 2. The van der Waals surface area contributed by atoms with Crippen LogP contribution < -0.4 is 16.4 Å². The van der Waals surface area contributed by atoms with E-state index in [1.807, 2.05) is 0 Å². The van der Waals surface area contributed by atoms with Crippen LogP contribution in [0.3, 0.4) is 0 Å². The maximum atomic E-state index is 11.5. The minimum Gasteiger partial charge on any atom is -0.481 e. The Hall–Kier alpha value is -1.67. The molecule has 0 radical (unpaired) electrons. The normalized spacial score (nSPS) is 13.5. The number of hydrogen-bond donors (Lipinski definition) is 5. The molecule has 0 aromatic carbocycles. The van der Waals surface area contributed by atoms with Crippen molar-refractivity contribution in [3.63, 3.8) is 0 Å². The number of amides is 1. The fourth-order valence-corrected chi connectivity index (χ4v) is 1.62. The monoisotopic (exact) mass is 289 g/mol. The molecule has 0 aliphatic rings. The van der Waals surface area contributed by atoms with E-state index in [-0.39, 0.29) is 18.7 Å². The van der Waals surface area contributed by atoms with Gasteiger partial charge in [0.25, 0.3) is 0 Å². The smallest absolute Gasteiger partial charge is 0.320 e. The SMILES string of the molecule is CN[C@@H](CCCCNC(=O)[C@@H](N)CCC(=O)O)C(=O)O. The minimum absolute atomic E-state index is 0.0992. The summed E-state index contributed by atoms with van der Waals surface area (Å²) < 4.78 is 0. The van der Waals surface area contributed by atoms with E-state index in [4.69, 9.17) is 15.9 Å². The molecule has 0 bridgehead atoms. The Labute approximate surface area is 117 Å². The van der Waals surface area contributed by atoms with Gasteiger partial charge in [-0.3, -0.25) is 14.4 Å². The minimum atomic E-state index is -0.986. The van der Waals surface area contributed by atoms with Crippen LogP contribution >= 0.6 is 0 Å². The van der Waals surface area contributed by atoms with Crippen molar-refractivity contribution in [1.82, 2.24) is 10.6 Å². The molecule has 6 N–H and O–H groups in total. The Morgan fingerprint density at radius 2 is 1.80 bits per heavy atom. The molecule has 0 rings (SSSR count). The van der Waals surface area contributed by atoms with Crippen LogP contribution in [-0.4, -0.2) is 53.7 Å². The van der Waals surface area contributed by atoms with Crippen molar-refractivity contribution in [2.45, 2.75) is 44.2 Å². The summed E-state index contributed by atoms with van der Waals surface area (Å²) in [5, 5.41) is 22.6. The number of aliphatic carboxylic acids is 2. The molecule has 8 heteroatoms. The van der Waals surface area contributed by atoms with Gasteiger partial charge in [-0.15, -0.1) is 0 Å². The van der Waals surface area contributed by atoms with Gasteiger partial charge in [-0.05, 0) is 32.7 Å². The van der Waals surface area contributed by atoms with Gasteiger partial charge in [0.05, 0.1) is 6.04 Å². The molecule has 0 unspecified atom stereocenters. The third kappa shape index (κ3) is 8.44. The fourth-order valence-electron chi connectivity index (χ4n) is 1.62. The lowest BCUT2D eigenvalue weighted by atomic mass is 10.1. The Kier molecular flexibility index (Phi) is 9.31. The van der Waals surface area contributed by atoms with Crippen LogP contribution in [0.1, 0.15) is 32.1 Å². The molecule has 0 fully saturated rings. The van der Waals surface area contributed by atoms with E-state index >= 15 is 0 Å². The third-order valence-electron chi connectivity index (χ3n) is 2.87. The molecule has 2 atom stereocenters. The van der Waals surface area contributed by atoms with E-state index in [9.17, 15) is 14.4 Å². The molecule has 0 aliphatic carbocycles. The summed E-state index contributed by atoms with van der Waals surface area (Å²) in [7, 11) is 1.59. The fraction of sp³-hybridized carbons (Fsp3) is 0.750. The van der Waals surface area contributed by atoms with Gasteiger partial charge >= 0.3 is 11.9 Å². The molecule has 8 nitrogen and oxygen atoms in total. The van der Waals surface area contributed by atoms with Gasteiger partial charge in [0.15, 0.2) is 0 Å². The predicted octanol–water partition coefficient (Wildman–Crippen LogP) is -0.862. The number of nitrogens with one attached hydrogen (secondary N) is 2. The van der Waals surface area contributed by atoms with E-state index in [1.165, 1.54) is 0 Å². The first kappa shape index (κ1) is 18.3. The molecule has 20 heavy (non-hydrogen) atoms. The van der Waals surface area contributed by atoms with Gasteiger partial charge in [0.2, 0.25) is 5.91 Å². The van der Waals surface area contributed by atoms with E-state index in [2.05, 4.69) is 10.6 Å². The van der Waals surface area contributed by atoms with Gasteiger partial charge in [-0.25, -0.2) is 0 Å². The molecule has 0 aromatic heterocycles. The maximum Gasteiger partial charge on any atom is 0.320 e. The van der Waals surface area contributed by atoms with Crippen molar-refractivity contribution < 1.29 is 24.6 Å². The molecular formula is C12H23N3O5. The molecule has 0 heterocycles. The summed E-state index contributed by atoms with van der Waals surface area (Å²) in [6.45, 7) is 0.398. The lowest BCUT2D eigenvalue weighted by Crippen LogP contribution is -2.41. The number of carbonyl (C=O) groups is 3. The lowest BCUT2D eigenvalue weighted by Gasteiger charge is -2.12. The van der Waals surface area contributed by atoms with E-state index in [1.54, 1.807) is 7.05 Å². The van der Waals surface area contributed by atoms with Crippen LogP contribution in [0.4, 0.5) is 0 Å². The van der Waals surface area contributed by atoms with Crippen LogP contribution in [0, 0.1) is 0 Å². The molecule has 0 saturated carbocycles. The Balaban J connectivity index is 3.71. The first-order valence-corrected chi connectivity index (χ1v) is 6.53. The molecule has 0 saturated heterocycles. The summed E-state index contributed by atoms with van der Waals surface area (Å²) in [4.78, 5) is 32.5. The van der Waals surface area contributed by atoms with Gasteiger partial charge in [0, 0.05) is 13.0 Å². The Morgan fingerprint density at radius 1 is 1.15 bits per heavy atom. The number of hydrogen-bond acceptors (Lipinski definition) is 5. The third-order valence-corrected chi connectivity index (χ3v) is 2.87. The highest BCUT2D eigenvalue weighted by molar-refractivity contribution is 5.82. The first-order chi connectivity index (χ1) is 9.38. The molecular weight excluding hydrogens is 266 g/mol. The van der Waals surface area contributed by atoms with Gasteiger partial charge < -0.3 is 26.6 Å². The molecule has 116 valence electrons. The summed E-state index contributed by atoms with van der Waals surface area (Å²) in [6.07, 6.45) is 1.73. The number of unbranched alkanes of at least 4 members (excludes halogenated alkanes) is 1. The Bertz CT molecular complexity index is 335. The van der Waals surface area contributed by atoms with E-state index in [0.717, 1.165) is 0 Å². The van der Waals surface area contributed by atoms with Crippen molar-refractivity contribution >= 4 is 17.8 Å². The first-order valence-electron chi connectivity index (χ1n) is 6.53. The van der Waals surface area contributed by atoms with Crippen LogP contribution in [-0.2, 0) is 14.4 Å². The largest absolute Gasteiger partial charge is 0.481 e. The van der Waals surface area contributed by atoms with Crippen LogP contribution in [0.25, 0.3) is 0 Å². The number of carboxylic acid groups (broad SMARTS) is 2.